The van der Waals surface area contributed by atoms with E-state index in [1.165, 1.54) is 30.3 Å². The number of hydrogen-bond acceptors (Lipinski definition) is 2. The normalized spacial score (nSPS) is 12.0. The summed E-state index contributed by atoms with van der Waals surface area (Å²) in [6.45, 7) is 6.17. The molecule has 1 aromatic heterocycles. The molecule has 0 saturated heterocycles. The van der Waals surface area contributed by atoms with Gasteiger partial charge in [-0.1, -0.05) is 31.5 Å². The van der Waals surface area contributed by atoms with Crippen molar-refractivity contribution in [2.45, 2.75) is 32.7 Å². The van der Waals surface area contributed by atoms with Gasteiger partial charge in [-0.25, -0.2) is 4.39 Å². The average Bonchev–Trinajstić information content (AvgIpc) is 3.14. The second-order valence-corrected chi connectivity index (χ2v) is 7.99. The molecule has 6 heteroatoms. The van der Waals surface area contributed by atoms with Crippen LogP contribution >= 0.6 is 23.6 Å². The molecule has 1 atom stereocenters. The lowest BCUT2D eigenvalue weighted by Crippen LogP contribution is -3.09. The lowest BCUT2D eigenvalue weighted by Gasteiger charge is -2.26. The first-order chi connectivity index (χ1) is 12.6. The molecule has 1 unspecified atom stereocenters. The number of thiophene rings is 1. The van der Waals surface area contributed by atoms with Crippen LogP contribution in [0.3, 0.4) is 0 Å². The summed E-state index contributed by atoms with van der Waals surface area (Å²) in [7, 11) is 2.25. The Morgan fingerprint density at radius 1 is 1.19 bits per heavy atom. The molecule has 0 amide bonds. The van der Waals surface area contributed by atoms with E-state index < -0.39 is 0 Å². The predicted octanol–water partition coefficient (Wildman–Crippen LogP) is 3.79. The highest BCUT2D eigenvalue weighted by Crippen LogP contribution is 2.16. The average molecular weight is 395 g/mol. The summed E-state index contributed by atoms with van der Waals surface area (Å²) in [5.41, 5.74) is 0.430. The zero-order valence-corrected chi connectivity index (χ0v) is 17.3. The van der Waals surface area contributed by atoms with E-state index in [1.54, 1.807) is 28.4 Å². The van der Waals surface area contributed by atoms with Crippen LogP contribution in [-0.4, -0.2) is 36.7 Å². The van der Waals surface area contributed by atoms with Crippen molar-refractivity contribution >= 4 is 34.4 Å². The number of benzene rings is 1. The number of nitrogens with one attached hydrogen (secondary N) is 2. The molecule has 2 N–H and O–H groups in total. The zero-order valence-electron chi connectivity index (χ0n) is 15.6. The highest BCUT2D eigenvalue weighted by Gasteiger charge is 2.14. The first kappa shape index (κ1) is 20.8. The lowest BCUT2D eigenvalue weighted by molar-refractivity contribution is -0.880. The van der Waals surface area contributed by atoms with Crippen LogP contribution in [0.15, 0.2) is 41.8 Å². The minimum absolute atomic E-state index is 0.283. The molecule has 0 saturated carbocycles. The summed E-state index contributed by atoms with van der Waals surface area (Å²) in [4.78, 5) is 4.95. The number of thiocarbonyl (C=S) groups is 1. The molecular weight excluding hydrogens is 365 g/mol. The molecule has 1 aromatic carbocycles. The third kappa shape index (κ3) is 7.02. The maximum Gasteiger partial charge on any atom is 0.173 e. The van der Waals surface area contributed by atoms with Gasteiger partial charge >= 0.3 is 0 Å². The van der Waals surface area contributed by atoms with Crippen molar-refractivity contribution in [3.63, 3.8) is 0 Å². The van der Waals surface area contributed by atoms with E-state index in [4.69, 9.17) is 12.2 Å². The van der Waals surface area contributed by atoms with E-state index >= 15 is 0 Å². The molecule has 142 valence electrons. The molecule has 0 radical (unpaired) electrons. The minimum atomic E-state index is -0.283. The number of hydrogen-bond donors (Lipinski definition) is 2. The van der Waals surface area contributed by atoms with Crippen LogP contribution in [0.4, 0.5) is 10.1 Å². The summed E-state index contributed by atoms with van der Waals surface area (Å²) in [5, 5.41) is 5.73. The van der Waals surface area contributed by atoms with Crippen LogP contribution in [0.5, 0.6) is 0 Å². The summed E-state index contributed by atoms with van der Waals surface area (Å²) in [5.74, 6) is -0.283. The fourth-order valence-electron chi connectivity index (χ4n) is 2.78. The Morgan fingerprint density at radius 2 is 1.96 bits per heavy atom. The minimum Gasteiger partial charge on any atom is -0.344 e. The fourth-order valence-corrected chi connectivity index (χ4v) is 3.76. The van der Waals surface area contributed by atoms with Gasteiger partial charge in [-0.05, 0) is 42.2 Å². The SMILES string of the molecule is CCCC[NH+](C)CCCN(Cc1cccs1)C(=S)Nc1ccccc1F. The number of rotatable bonds is 10. The summed E-state index contributed by atoms with van der Waals surface area (Å²) in [6, 6.07) is 10.8. The number of nitrogens with zero attached hydrogens (tertiary/aromatic N) is 1. The van der Waals surface area contributed by atoms with Gasteiger partial charge < -0.3 is 15.1 Å². The van der Waals surface area contributed by atoms with Gasteiger partial charge in [-0.3, -0.25) is 0 Å². The fraction of sp³-hybridized carbons (Fsp3) is 0.450. The van der Waals surface area contributed by atoms with Crippen LogP contribution in [0, 0.1) is 5.82 Å². The molecule has 2 aromatic rings. The van der Waals surface area contributed by atoms with Gasteiger partial charge in [0.2, 0.25) is 0 Å². The van der Waals surface area contributed by atoms with E-state index in [0.29, 0.717) is 10.8 Å². The van der Waals surface area contributed by atoms with Crippen molar-refractivity contribution < 1.29 is 9.29 Å². The maximum atomic E-state index is 13.9. The van der Waals surface area contributed by atoms with Gasteiger partial charge in [0.05, 0.1) is 32.4 Å². The molecule has 26 heavy (non-hydrogen) atoms. The van der Waals surface area contributed by atoms with Crippen molar-refractivity contribution in [3.8, 4) is 0 Å². The van der Waals surface area contributed by atoms with Crippen molar-refractivity contribution in [2.24, 2.45) is 0 Å². The monoisotopic (exact) mass is 394 g/mol. The predicted molar refractivity (Wildman–Crippen MR) is 113 cm³/mol. The van der Waals surface area contributed by atoms with Gasteiger partial charge in [0.15, 0.2) is 5.11 Å². The second-order valence-electron chi connectivity index (χ2n) is 6.58. The molecule has 0 aliphatic heterocycles. The van der Waals surface area contributed by atoms with Crippen LogP contribution in [0.1, 0.15) is 31.1 Å². The molecule has 1 heterocycles. The standard InChI is InChI=1S/C20H28FN3S2/c1-3-4-12-23(2)13-8-14-24(16-17-9-7-15-26-17)20(25)22-19-11-6-5-10-18(19)21/h5-7,9-11,15H,3-4,8,12-14,16H2,1-2H3,(H,22,25)/p+1. The summed E-state index contributed by atoms with van der Waals surface area (Å²) >= 11 is 7.31. The Bertz CT molecular complexity index is 661. The number of unbranched alkanes of at least 4 members (excludes halogenated alkanes) is 1. The van der Waals surface area contributed by atoms with Crippen LogP contribution in [-0.2, 0) is 6.54 Å². The largest absolute Gasteiger partial charge is 0.344 e. The first-order valence-electron chi connectivity index (χ1n) is 9.24. The number of quaternary nitrogens is 1. The van der Waals surface area contributed by atoms with Crippen LogP contribution in [0.25, 0.3) is 0 Å². The molecule has 0 aliphatic rings. The van der Waals surface area contributed by atoms with Crippen molar-refractivity contribution in [2.75, 3.05) is 32.0 Å². The summed E-state index contributed by atoms with van der Waals surface area (Å²) < 4.78 is 13.9. The van der Waals surface area contributed by atoms with E-state index in [2.05, 4.69) is 35.6 Å². The lowest BCUT2D eigenvalue weighted by atomic mass is 10.3. The third-order valence-electron chi connectivity index (χ3n) is 4.32. The van der Waals surface area contributed by atoms with Gasteiger partial charge in [0.25, 0.3) is 0 Å². The number of halogens is 1. The van der Waals surface area contributed by atoms with E-state index in [0.717, 1.165) is 26.1 Å². The van der Waals surface area contributed by atoms with Crippen LogP contribution < -0.4 is 10.2 Å². The number of para-hydroxylation sites is 1. The third-order valence-corrected chi connectivity index (χ3v) is 5.54. The second kappa shape index (κ2) is 11.3. The van der Waals surface area contributed by atoms with Crippen molar-refractivity contribution in [1.82, 2.24) is 4.90 Å². The number of anilines is 1. The Labute approximate surface area is 165 Å². The van der Waals surface area contributed by atoms with Gasteiger partial charge in [0.1, 0.15) is 5.82 Å². The Kier molecular flexibility index (Phi) is 9.01. The van der Waals surface area contributed by atoms with Crippen molar-refractivity contribution in [3.05, 3.63) is 52.5 Å². The smallest absolute Gasteiger partial charge is 0.173 e. The van der Waals surface area contributed by atoms with E-state index in [1.807, 2.05) is 12.1 Å². The van der Waals surface area contributed by atoms with Gasteiger partial charge in [-0.15, -0.1) is 11.3 Å². The highest BCUT2D eigenvalue weighted by atomic mass is 32.1. The molecule has 0 bridgehead atoms. The highest BCUT2D eigenvalue weighted by molar-refractivity contribution is 7.80. The molecule has 0 aliphatic carbocycles. The molecule has 2 rings (SSSR count). The zero-order chi connectivity index (χ0) is 18.8. The topological polar surface area (TPSA) is 19.7 Å². The summed E-state index contributed by atoms with van der Waals surface area (Å²) in [6.07, 6.45) is 3.55. The Morgan fingerprint density at radius 3 is 2.65 bits per heavy atom. The Balaban J connectivity index is 1.94. The maximum absolute atomic E-state index is 13.9. The molecular formula is C20H29FN3S2+. The Hall–Kier alpha value is -1.50. The molecule has 0 fully saturated rings. The van der Waals surface area contributed by atoms with Gasteiger partial charge in [0, 0.05) is 17.8 Å². The van der Waals surface area contributed by atoms with E-state index in [9.17, 15) is 4.39 Å². The van der Waals surface area contributed by atoms with Gasteiger partial charge in [-0.2, -0.15) is 0 Å². The van der Waals surface area contributed by atoms with Crippen molar-refractivity contribution in [1.29, 1.82) is 0 Å². The molecule has 3 nitrogen and oxygen atoms in total. The molecule has 0 spiro atoms. The van der Waals surface area contributed by atoms with Crippen LogP contribution in [0.2, 0.25) is 0 Å². The van der Waals surface area contributed by atoms with E-state index in [-0.39, 0.29) is 5.82 Å². The quantitative estimate of drug-likeness (QED) is 0.598. The first-order valence-corrected chi connectivity index (χ1v) is 10.5.